The molecular formula is C15H27NO2. The third kappa shape index (κ3) is 3.25. The third-order valence-corrected chi connectivity index (χ3v) is 4.87. The van der Waals surface area contributed by atoms with E-state index in [9.17, 15) is 9.90 Å². The summed E-state index contributed by atoms with van der Waals surface area (Å²) >= 11 is 0. The molecule has 0 aromatic heterocycles. The van der Waals surface area contributed by atoms with Crippen molar-refractivity contribution in [2.45, 2.75) is 76.7 Å². The van der Waals surface area contributed by atoms with E-state index in [1.165, 1.54) is 12.8 Å². The molecule has 0 aromatic carbocycles. The van der Waals surface area contributed by atoms with Crippen molar-refractivity contribution in [2.24, 2.45) is 5.41 Å². The molecular weight excluding hydrogens is 226 g/mol. The smallest absolute Gasteiger partial charge is 0.226 e. The first-order valence-corrected chi connectivity index (χ1v) is 7.55. The molecule has 2 saturated carbocycles. The van der Waals surface area contributed by atoms with Gasteiger partial charge in [-0.25, -0.2) is 0 Å². The molecule has 18 heavy (non-hydrogen) atoms. The minimum Gasteiger partial charge on any atom is -0.388 e. The van der Waals surface area contributed by atoms with Crippen molar-refractivity contribution in [3.8, 4) is 0 Å². The van der Waals surface area contributed by atoms with Gasteiger partial charge in [-0.3, -0.25) is 4.79 Å². The quantitative estimate of drug-likeness (QED) is 0.760. The molecule has 2 aliphatic rings. The maximum absolute atomic E-state index is 12.2. The molecule has 3 nitrogen and oxygen atoms in total. The van der Waals surface area contributed by atoms with Gasteiger partial charge in [0.1, 0.15) is 0 Å². The first-order chi connectivity index (χ1) is 8.54. The maximum Gasteiger partial charge on any atom is 0.226 e. The van der Waals surface area contributed by atoms with Gasteiger partial charge in [-0.2, -0.15) is 0 Å². The standard InChI is InChI=1S/C15H27NO2/c1-14(8-6-7-9-14)13(17)16-12-15(18)10-4-2-3-5-11-15/h18H,2-12H2,1H3,(H,16,17). The predicted molar refractivity (Wildman–Crippen MR) is 72.2 cm³/mol. The van der Waals surface area contributed by atoms with Gasteiger partial charge in [-0.15, -0.1) is 0 Å². The predicted octanol–water partition coefficient (Wildman–Crippen LogP) is 2.77. The normalized spacial score (nSPS) is 26.6. The van der Waals surface area contributed by atoms with Crippen LogP contribution in [0.5, 0.6) is 0 Å². The molecule has 0 aliphatic heterocycles. The van der Waals surface area contributed by atoms with Crippen LogP contribution in [0.3, 0.4) is 0 Å². The Hall–Kier alpha value is -0.570. The minimum absolute atomic E-state index is 0.151. The molecule has 104 valence electrons. The SMILES string of the molecule is CC1(C(=O)NCC2(O)CCCCCC2)CCCC1. The summed E-state index contributed by atoms with van der Waals surface area (Å²) in [5.41, 5.74) is -0.831. The van der Waals surface area contributed by atoms with Crippen molar-refractivity contribution in [3.63, 3.8) is 0 Å². The van der Waals surface area contributed by atoms with Crippen LogP contribution in [0, 0.1) is 5.41 Å². The Balaban J connectivity index is 1.84. The van der Waals surface area contributed by atoms with Crippen LogP contribution in [0.2, 0.25) is 0 Å². The number of carbonyl (C=O) groups excluding carboxylic acids is 1. The Morgan fingerprint density at radius 3 is 2.06 bits per heavy atom. The van der Waals surface area contributed by atoms with Gasteiger partial charge in [0, 0.05) is 12.0 Å². The molecule has 0 bridgehead atoms. The number of nitrogens with one attached hydrogen (secondary N) is 1. The lowest BCUT2D eigenvalue weighted by molar-refractivity contribution is -0.131. The molecule has 2 rings (SSSR count). The molecule has 2 aliphatic carbocycles. The van der Waals surface area contributed by atoms with Gasteiger partial charge in [0.2, 0.25) is 5.91 Å². The average Bonchev–Trinajstić information content (AvgIpc) is 2.68. The summed E-state index contributed by atoms with van der Waals surface area (Å²) in [5, 5.41) is 13.5. The van der Waals surface area contributed by atoms with Gasteiger partial charge in [-0.05, 0) is 25.7 Å². The Bertz CT molecular complexity index is 287. The zero-order valence-corrected chi connectivity index (χ0v) is 11.6. The number of rotatable bonds is 3. The number of amides is 1. The lowest BCUT2D eigenvalue weighted by Gasteiger charge is -2.29. The highest BCUT2D eigenvalue weighted by Gasteiger charge is 2.37. The Kier molecular flexibility index (Phi) is 4.31. The van der Waals surface area contributed by atoms with Crippen LogP contribution < -0.4 is 5.32 Å². The summed E-state index contributed by atoms with van der Waals surface area (Å²) in [6, 6.07) is 0. The Labute approximate surface area is 110 Å². The lowest BCUT2D eigenvalue weighted by Crippen LogP contribution is -2.46. The van der Waals surface area contributed by atoms with E-state index in [4.69, 9.17) is 0 Å². The van der Waals surface area contributed by atoms with Gasteiger partial charge in [0.15, 0.2) is 0 Å². The van der Waals surface area contributed by atoms with Crippen LogP contribution in [-0.2, 0) is 4.79 Å². The zero-order chi connectivity index (χ0) is 13.1. The second-order valence-electron chi connectivity index (χ2n) is 6.59. The third-order valence-electron chi connectivity index (χ3n) is 4.87. The largest absolute Gasteiger partial charge is 0.388 e. The van der Waals surface area contributed by atoms with Crippen LogP contribution in [0.4, 0.5) is 0 Å². The van der Waals surface area contributed by atoms with Gasteiger partial charge in [0.05, 0.1) is 5.60 Å². The van der Waals surface area contributed by atoms with E-state index < -0.39 is 5.60 Å². The van der Waals surface area contributed by atoms with Crippen LogP contribution in [-0.4, -0.2) is 23.2 Å². The molecule has 0 saturated heterocycles. The van der Waals surface area contributed by atoms with Crippen molar-refractivity contribution < 1.29 is 9.90 Å². The highest BCUT2D eigenvalue weighted by Crippen LogP contribution is 2.37. The highest BCUT2D eigenvalue weighted by molar-refractivity contribution is 5.82. The Morgan fingerprint density at radius 2 is 1.50 bits per heavy atom. The van der Waals surface area contributed by atoms with E-state index in [-0.39, 0.29) is 11.3 Å². The summed E-state index contributed by atoms with van der Waals surface area (Å²) in [6.45, 7) is 2.51. The summed E-state index contributed by atoms with van der Waals surface area (Å²) in [7, 11) is 0. The number of aliphatic hydroxyl groups is 1. The van der Waals surface area contributed by atoms with E-state index in [0.29, 0.717) is 6.54 Å². The van der Waals surface area contributed by atoms with E-state index in [2.05, 4.69) is 12.2 Å². The van der Waals surface area contributed by atoms with Crippen molar-refractivity contribution in [1.82, 2.24) is 5.32 Å². The van der Waals surface area contributed by atoms with E-state index in [0.717, 1.165) is 51.4 Å². The molecule has 0 unspecified atom stereocenters. The van der Waals surface area contributed by atoms with Crippen molar-refractivity contribution in [1.29, 1.82) is 0 Å². The average molecular weight is 253 g/mol. The summed E-state index contributed by atoms with van der Waals surface area (Å²) in [4.78, 5) is 12.2. The number of carbonyl (C=O) groups is 1. The summed E-state index contributed by atoms with van der Waals surface area (Å²) in [5.74, 6) is 0.151. The lowest BCUT2D eigenvalue weighted by atomic mass is 9.87. The fourth-order valence-electron chi connectivity index (χ4n) is 3.40. The first kappa shape index (κ1) is 13.9. The highest BCUT2D eigenvalue weighted by atomic mass is 16.3. The Morgan fingerprint density at radius 1 is 1.00 bits per heavy atom. The van der Waals surface area contributed by atoms with Crippen molar-refractivity contribution >= 4 is 5.91 Å². The minimum atomic E-state index is -0.652. The fraction of sp³-hybridized carbons (Fsp3) is 0.933. The molecule has 3 heteroatoms. The van der Waals surface area contributed by atoms with Gasteiger partial charge in [0.25, 0.3) is 0 Å². The molecule has 0 radical (unpaired) electrons. The van der Waals surface area contributed by atoms with Gasteiger partial charge in [-0.1, -0.05) is 45.4 Å². The van der Waals surface area contributed by atoms with Crippen molar-refractivity contribution in [2.75, 3.05) is 6.54 Å². The monoisotopic (exact) mass is 253 g/mol. The van der Waals surface area contributed by atoms with E-state index >= 15 is 0 Å². The molecule has 0 heterocycles. The fourth-order valence-corrected chi connectivity index (χ4v) is 3.40. The van der Waals surface area contributed by atoms with Crippen molar-refractivity contribution in [3.05, 3.63) is 0 Å². The molecule has 1 amide bonds. The van der Waals surface area contributed by atoms with E-state index in [1.54, 1.807) is 0 Å². The molecule has 2 fully saturated rings. The molecule has 0 aromatic rings. The molecule has 0 atom stereocenters. The van der Waals surface area contributed by atoms with Gasteiger partial charge < -0.3 is 10.4 Å². The topological polar surface area (TPSA) is 49.3 Å². The second-order valence-corrected chi connectivity index (χ2v) is 6.59. The van der Waals surface area contributed by atoms with Crippen LogP contribution in [0.15, 0.2) is 0 Å². The first-order valence-electron chi connectivity index (χ1n) is 7.55. The summed E-state index contributed by atoms with van der Waals surface area (Å²) < 4.78 is 0. The molecule has 2 N–H and O–H groups in total. The van der Waals surface area contributed by atoms with Crippen LogP contribution in [0.1, 0.15) is 71.1 Å². The molecule has 0 spiro atoms. The zero-order valence-electron chi connectivity index (χ0n) is 11.6. The van der Waals surface area contributed by atoms with Crippen LogP contribution >= 0.6 is 0 Å². The number of hydrogen-bond donors (Lipinski definition) is 2. The van der Waals surface area contributed by atoms with Gasteiger partial charge >= 0.3 is 0 Å². The summed E-state index contributed by atoms with van der Waals surface area (Å²) in [6.07, 6.45) is 10.6. The van der Waals surface area contributed by atoms with Crippen LogP contribution in [0.25, 0.3) is 0 Å². The second kappa shape index (κ2) is 5.60. The maximum atomic E-state index is 12.2. The number of hydrogen-bond acceptors (Lipinski definition) is 2. The van der Waals surface area contributed by atoms with E-state index in [1.807, 2.05) is 0 Å².